The van der Waals surface area contributed by atoms with Crippen LogP contribution in [0.1, 0.15) is 12.8 Å². The summed E-state index contributed by atoms with van der Waals surface area (Å²) in [6.45, 7) is 0.518. The Morgan fingerprint density at radius 3 is 2.65 bits per heavy atom. The van der Waals surface area contributed by atoms with Crippen molar-refractivity contribution in [2.24, 2.45) is 12.0 Å². The first-order valence-electron chi connectivity index (χ1n) is 7.54. The van der Waals surface area contributed by atoms with E-state index in [-0.39, 0.29) is 5.91 Å². The predicted molar refractivity (Wildman–Crippen MR) is 92.5 cm³/mol. The van der Waals surface area contributed by atoms with Gasteiger partial charge in [0.05, 0.1) is 16.8 Å². The summed E-state index contributed by atoms with van der Waals surface area (Å²) in [5.74, 6) is 0.719. The molecule has 0 N–H and O–H groups in total. The molecular formula is C18H18N2O2S. The number of carbonyl (C=O) groups excluding carboxylic acids is 1. The van der Waals surface area contributed by atoms with Gasteiger partial charge in [-0.15, -0.1) is 0 Å². The maximum absolute atomic E-state index is 12.0. The summed E-state index contributed by atoms with van der Waals surface area (Å²) in [6, 6.07) is 17.7. The van der Waals surface area contributed by atoms with Crippen LogP contribution in [0.4, 0.5) is 0 Å². The van der Waals surface area contributed by atoms with Crippen LogP contribution in [-0.2, 0) is 11.8 Å². The standard InChI is InChI=1S/C18H18N2O2S/c1-20-15-10-5-6-11-16(15)23-18(20)19-17(21)12-7-13-22-14-8-3-2-4-9-14/h2-6,8-11H,7,12-13H2,1H3. The molecule has 4 nitrogen and oxygen atoms in total. The Bertz CT molecular complexity index is 865. The third kappa shape index (κ3) is 3.87. The van der Waals surface area contributed by atoms with Crippen molar-refractivity contribution < 1.29 is 9.53 Å². The molecule has 0 unspecified atom stereocenters. The first kappa shape index (κ1) is 15.5. The van der Waals surface area contributed by atoms with Gasteiger partial charge in [0.2, 0.25) is 5.91 Å². The summed E-state index contributed by atoms with van der Waals surface area (Å²) < 4.78 is 8.67. The molecule has 0 radical (unpaired) electrons. The summed E-state index contributed by atoms with van der Waals surface area (Å²) in [4.78, 5) is 17.0. The molecule has 2 aromatic carbocycles. The van der Waals surface area contributed by atoms with Gasteiger partial charge in [0.15, 0.2) is 4.80 Å². The highest BCUT2D eigenvalue weighted by atomic mass is 32.1. The highest BCUT2D eigenvalue weighted by Gasteiger charge is 2.04. The molecule has 0 aliphatic rings. The van der Waals surface area contributed by atoms with Crippen molar-refractivity contribution in [2.45, 2.75) is 12.8 Å². The van der Waals surface area contributed by atoms with Gasteiger partial charge in [-0.2, -0.15) is 4.99 Å². The zero-order valence-corrected chi connectivity index (χ0v) is 13.8. The van der Waals surface area contributed by atoms with E-state index in [0.717, 1.165) is 20.8 Å². The van der Waals surface area contributed by atoms with Crippen LogP contribution in [0, 0.1) is 0 Å². The second kappa shape index (κ2) is 7.24. The molecule has 118 valence electrons. The molecule has 5 heteroatoms. The molecule has 0 aliphatic heterocycles. The molecule has 0 atom stereocenters. The Hall–Kier alpha value is -2.40. The third-order valence-corrected chi connectivity index (χ3v) is 4.59. The van der Waals surface area contributed by atoms with E-state index < -0.39 is 0 Å². The Morgan fingerprint density at radius 2 is 1.87 bits per heavy atom. The molecular weight excluding hydrogens is 308 g/mol. The number of carbonyl (C=O) groups is 1. The van der Waals surface area contributed by atoms with Gasteiger partial charge in [-0.05, 0) is 30.7 Å². The quantitative estimate of drug-likeness (QED) is 0.673. The second-order valence-electron chi connectivity index (χ2n) is 5.18. The number of thiazole rings is 1. The average molecular weight is 326 g/mol. The van der Waals surface area contributed by atoms with Crippen LogP contribution in [0.2, 0.25) is 0 Å². The minimum atomic E-state index is -0.108. The zero-order chi connectivity index (χ0) is 16.1. The minimum Gasteiger partial charge on any atom is -0.494 e. The van der Waals surface area contributed by atoms with Gasteiger partial charge >= 0.3 is 0 Å². The van der Waals surface area contributed by atoms with Crippen molar-refractivity contribution in [3.63, 3.8) is 0 Å². The van der Waals surface area contributed by atoms with E-state index in [0.29, 0.717) is 19.4 Å². The van der Waals surface area contributed by atoms with Gasteiger partial charge in [-0.25, -0.2) is 0 Å². The Kier molecular flexibility index (Phi) is 4.88. The predicted octanol–water partition coefficient (Wildman–Crippen LogP) is 3.53. The normalized spacial score (nSPS) is 11.8. The lowest BCUT2D eigenvalue weighted by Gasteiger charge is -2.04. The highest BCUT2D eigenvalue weighted by molar-refractivity contribution is 7.16. The lowest BCUT2D eigenvalue weighted by molar-refractivity contribution is -0.118. The number of para-hydroxylation sites is 2. The van der Waals surface area contributed by atoms with Crippen LogP contribution in [0.5, 0.6) is 5.75 Å². The minimum absolute atomic E-state index is 0.108. The molecule has 0 aliphatic carbocycles. The Balaban J connectivity index is 1.59. The van der Waals surface area contributed by atoms with Crippen LogP contribution in [-0.4, -0.2) is 17.1 Å². The summed E-state index contributed by atoms with van der Waals surface area (Å²) in [6.07, 6.45) is 1.05. The Morgan fingerprint density at radius 1 is 1.13 bits per heavy atom. The Labute approximate surface area is 138 Å². The molecule has 1 aromatic heterocycles. The molecule has 0 saturated heterocycles. The second-order valence-corrected chi connectivity index (χ2v) is 6.19. The first-order chi connectivity index (χ1) is 11.2. The van der Waals surface area contributed by atoms with Gasteiger partial charge in [0.25, 0.3) is 0 Å². The van der Waals surface area contributed by atoms with E-state index in [1.54, 1.807) is 0 Å². The van der Waals surface area contributed by atoms with E-state index in [1.165, 1.54) is 11.3 Å². The monoisotopic (exact) mass is 326 g/mol. The topological polar surface area (TPSA) is 43.6 Å². The zero-order valence-electron chi connectivity index (χ0n) is 12.9. The summed E-state index contributed by atoms with van der Waals surface area (Å²) in [7, 11) is 1.93. The summed E-state index contributed by atoms with van der Waals surface area (Å²) in [5.41, 5.74) is 1.09. The number of ether oxygens (including phenoxy) is 1. The fourth-order valence-electron chi connectivity index (χ4n) is 2.28. The SMILES string of the molecule is Cn1c(=NC(=O)CCCOc2ccccc2)sc2ccccc21. The van der Waals surface area contributed by atoms with Crippen molar-refractivity contribution in [3.8, 4) is 5.75 Å². The van der Waals surface area contributed by atoms with E-state index in [1.807, 2.05) is 66.2 Å². The van der Waals surface area contributed by atoms with Crippen LogP contribution in [0.3, 0.4) is 0 Å². The van der Waals surface area contributed by atoms with E-state index in [9.17, 15) is 4.79 Å². The number of nitrogens with zero attached hydrogens (tertiary/aromatic N) is 2. The largest absolute Gasteiger partial charge is 0.494 e. The molecule has 0 bridgehead atoms. The maximum atomic E-state index is 12.0. The molecule has 3 aromatic rings. The van der Waals surface area contributed by atoms with Crippen molar-refractivity contribution in [2.75, 3.05) is 6.61 Å². The van der Waals surface area contributed by atoms with E-state index >= 15 is 0 Å². The summed E-state index contributed by atoms with van der Waals surface area (Å²) in [5, 5.41) is 0. The molecule has 0 fully saturated rings. The molecule has 23 heavy (non-hydrogen) atoms. The molecule has 0 spiro atoms. The molecule has 1 amide bonds. The van der Waals surface area contributed by atoms with Gasteiger partial charge in [0.1, 0.15) is 5.75 Å². The number of hydrogen-bond donors (Lipinski definition) is 0. The van der Waals surface area contributed by atoms with Gasteiger partial charge < -0.3 is 9.30 Å². The molecule has 0 saturated carbocycles. The van der Waals surface area contributed by atoms with E-state index in [2.05, 4.69) is 4.99 Å². The molecule has 3 rings (SSSR count). The van der Waals surface area contributed by atoms with Crippen LogP contribution in [0.25, 0.3) is 10.2 Å². The lowest BCUT2D eigenvalue weighted by atomic mass is 10.3. The van der Waals surface area contributed by atoms with Gasteiger partial charge in [-0.3, -0.25) is 4.79 Å². The van der Waals surface area contributed by atoms with Crippen molar-refractivity contribution in [1.82, 2.24) is 4.57 Å². The number of rotatable bonds is 5. The summed E-state index contributed by atoms with van der Waals surface area (Å²) >= 11 is 1.53. The van der Waals surface area contributed by atoms with Crippen LogP contribution in [0.15, 0.2) is 59.6 Å². The van der Waals surface area contributed by atoms with Crippen molar-refractivity contribution >= 4 is 27.5 Å². The van der Waals surface area contributed by atoms with Crippen molar-refractivity contribution in [1.29, 1.82) is 0 Å². The maximum Gasteiger partial charge on any atom is 0.248 e. The fraction of sp³-hybridized carbons (Fsp3) is 0.222. The third-order valence-electron chi connectivity index (χ3n) is 3.48. The smallest absolute Gasteiger partial charge is 0.248 e. The number of aromatic nitrogens is 1. The number of benzene rings is 2. The molecule has 1 heterocycles. The van der Waals surface area contributed by atoms with E-state index in [4.69, 9.17) is 4.74 Å². The van der Waals surface area contributed by atoms with Gasteiger partial charge in [0, 0.05) is 13.5 Å². The fourth-order valence-corrected chi connectivity index (χ4v) is 3.32. The highest BCUT2D eigenvalue weighted by Crippen LogP contribution is 2.15. The number of amides is 1. The number of hydrogen-bond acceptors (Lipinski definition) is 3. The first-order valence-corrected chi connectivity index (χ1v) is 8.35. The average Bonchev–Trinajstić information content (AvgIpc) is 2.89. The van der Waals surface area contributed by atoms with Crippen LogP contribution >= 0.6 is 11.3 Å². The lowest BCUT2D eigenvalue weighted by Crippen LogP contribution is -2.13. The van der Waals surface area contributed by atoms with Crippen LogP contribution < -0.4 is 9.54 Å². The van der Waals surface area contributed by atoms with Gasteiger partial charge in [-0.1, -0.05) is 41.7 Å². The van der Waals surface area contributed by atoms with Crippen molar-refractivity contribution in [3.05, 3.63) is 59.4 Å². The number of fused-ring (bicyclic) bond motifs is 1. The number of aryl methyl sites for hydroxylation is 1.